The van der Waals surface area contributed by atoms with E-state index in [1.807, 2.05) is 38.1 Å². The van der Waals surface area contributed by atoms with Crippen LogP contribution in [0.15, 0.2) is 24.3 Å². The Balaban J connectivity index is 0.00000196. The standard InChI is InChI=1S/C11H16INO.ClH/c1-11(2,7-14)10(13)8-5-3-4-6-9(8)12;/h3-6,10,14H,7,13H2,1-2H3;1H/t10-;/m1./s1. The van der Waals surface area contributed by atoms with Crippen molar-refractivity contribution in [1.29, 1.82) is 0 Å². The number of hydrogen-bond acceptors (Lipinski definition) is 2. The molecule has 3 N–H and O–H groups in total. The average molecular weight is 342 g/mol. The van der Waals surface area contributed by atoms with Gasteiger partial charge in [-0.2, -0.15) is 0 Å². The molecular weight excluding hydrogens is 324 g/mol. The number of nitrogens with two attached hydrogens (primary N) is 1. The van der Waals surface area contributed by atoms with E-state index in [0.29, 0.717) is 0 Å². The fraction of sp³-hybridized carbons (Fsp3) is 0.455. The van der Waals surface area contributed by atoms with Gasteiger partial charge in [0.2, 0.25) is 0 Å². The Morgan fingerprint density at radius 3 is 2.40 bits per heavy atom. The predicted molar refractivity (Wildman–Crippen MR) is 74.2 cm³/mol. The van der Waals surface area contributed by atoms with Gasteiger partial charge in [-0.25, -0.2) is 0 Å². The van der Waals surface area contributed by atoms with E-state index in [1.165, 1.54) is 0 Å². The van der Waals surface area contributed by atoms with Gasteiger partial charge < -0.3 is 10.8 Å². The van der Waals surface area contributed by atoms with Gasteiger partial charge in [-0.1, -0.05) is 32.0 Å². The Labute approximate surface area is 111 Å². The average Bonchev–Trinajstić information content (AvgIpc) is 2.17. The molecule has 0 aliphatic rings. The lowest BCUT2D eigenvalue weighted by molar-refractivity contribution is 0.132. The topological polar surface area (TPSA) is 46.2 Å². The molecule has 0 amide bonds. The van der Waals surface area contributed by atoms with Gasteiger partial charge in [0.15, 0.2) is 0 Å². The summed E-state index contributed by atoms with van der Waals surface area (Å²) in [5, 5.41) is 9.23. The fourth-order valence-electron chi connectivity index (χ4n) is 1.25. The van der Waals surface area contributed by atoms with Crippen molar-refractivity contribution in [2.24, 2.45) is 11.1 Å². The summed E-state index contributed by atoms with van der Waals surface area (Å²) in [4.78, 5) is 0. The molecule has 0 fully saturated rings. The summed E-state index contributed by atoms with van der Waals surface area (Å²) in [5.74, 6) is 0. The molecule has 86 valence electrons. The number of hydrogen-bond donors (Lipinski definition) is 2. The number of rotatable bonds is 3. The van der Waals surface area contributed by atoms with Gasteiger partial charge in [0.05, 0.1) is 0 Å². The van der Waals surface area contributed by atoms with Crippen LogP contribution in [-0.2, 0) is 0 Å². The first kappa shape index (κ1) is 15.2. The van der Waals surface area contributed by atoms with Crippen molar-refractivity contribution >= 4 is 35.0 Å². The van der Waals surface area contributed by atoms with Crippen LogP contribution in [0.5, 0.6) is 0 Å². The zero-order chi connectivity index (χ0) is 10.8. The molecule has 15 heavy (non-hydrogen) atoms. The lowest BCUT2D eigenvalue weighted by Crippen LogP contribution is -2.32. The zero-order valence-electron chi connectivity index (χ0n) is 8.90. The maximum absolute atomic E-state index is 9.23. The van der Waals surface area contributed by atoms with Crippen molar-refractivity contribution in [1.82, 2.24) is 0 Å². The van der Waals surface area contributed by atoms with E-state index in [4.69, 9.17) is 5.73 Å². The summed E-state index contributed by atoms with van der Waals surface area (Å²) < 4.78 is 1.15. The second-order valence-electron chi connectivity index (χ2n) is 4.15. The van der Waals surface area contributed by atoms with Crippen LogP contribution in [0.4, 0.5) is 0 Å². The SMILES string of the molecule is CC(C)(CO)[C@H](N)c1ccccc1I.Cl. The maximum atomic E-state index is 9.23. The minimum absolute atomic E-state index is 0. The van der Waals surface area contributed by atoms with Gasteiger partial charge in [-0.3, -0.25) is 0 Å². The molecule has 1 rings (SSSR count). The minimum atomic E-state index is -0.277. The van der Waals surface area contributed by atoms with Crippen molar-refractivity contribution in [3.63, 3.8) is 0 Å². The highest BCUT2D eigenvalue weighted by atomic mass is 127. The van der Waals surface area contributed by atoms with E-state index in [9.17, 15) is 5.11 Å². The monoisotopic (exact) mass is 341 g/mol. The molecule has 0 heterocycles. The van der Waals surface area contributed by atoms with Crippen LogP contribution in [0.2, 0.25) is 0 Å². The number of aliphatic hydroxyl groups is 1. The molecule has 0 radical (unpaired) electrons. The summed E-state index contributed by atoms with van der Waals surface area (Å²) in [6.45, 7) is 4.04. The van der Waals surface area contributed by atoms with Crippen LogP contribution in [0.25, 0.3) is 0 Å². The summed E-state index contributed by atoms with van der Waals surface area (Å²) in [6.07, 6.45) is 0. The van der Waals surface area contributed by atoms with Crippen LogP contribution in [-0.4, -0.2) is 11.7 Å². The normalized spacial score (nSPS) is 13.1. The van der Waals surface area contributed by atoms with Gasteiger partial charge in [-0.15, -0.1) is 12.4 Å². The Bertz CT molecular complexity index is 317. The van der Waals surface area contributed by atoms with Crippen LogP contribution < -0.4 is 5.73 Å². The molecule has 1 atom stereocenters. The Morgan fingerprint density at radius 1 is 1.40 bits per heavy atom. The molecule has 0 saturated heterocycles. The number of halogens is 2. The molecule has 0 aromatic heterocycles. The quantitative estimate of drug-likeness (QED) is 0.831. The lowest BCUT2D eigenvalue weighted by atomic mass is 9.82. The van der Waals surface area contributed by atoms with Crippen molar-refractivity contribution in [3.05, 3.63) is 33.4 Å². The molecule has 1 aromatic carbocycles. The van der Waals surface area contributed by atoms with E-state index in [-0.39, 0.29) is 30.5 Å². The Morgan fingerprint density at radius 2 is 1.93 bits per heavy atom. The molecule has 0 saturated carbocycles. The van der Waals surface area contributed by atoms with Gasteiger partial charge in [0, 0.05) is 21.6 Å². The molecule has 4 heteroatoms. The fourth-order valence-corrected chi connectivity index (χ4v) is 1.97. The molecule has 0 bridgehead atoms. The largest absolute Gasteiger partial charge is 0.396 e. The summed E-state index contributed by atoms with van der Waals surface area (Å²) >= 11 is 2.27. The molecule has 2 nitrogen and oxygen atoms in total. The van der Waals surface area contributed by atoms with Gasteiger partial charge >= 0.3 is 0 Å². The van der Waals surface area contributed by atoms with Crippen LogP contribution >= 0.6 is 35.0 Å². The number of benzene rings is 1. The molecule has 0 aliphatic carbocycles. The van der Waals surface area contributed by atoms with Gasteiger partial charge in [-0.05, 0) is 34.2 Å². The second-order valence-corrected chi connectivity index (χ2v) is 5.31. The van der Waals surface area contributed by atoms with E-state index in [0.717, 1.165) is 9.13 Å². The molecule has 0 spiro atoms. The molecule has 0 unspecified atom stereocenters. The summed E-state index contributed by atoms with van der Waals surface area (Å²) in [7, 11) is 0. The van der Waals surface area contributed by atoms with E-state index in [2.05, 4.69) is 22.6 Å². The first-order valence-corrected chi connectivity index (χ1v) is 5.68. The highest BCUT2D eigenvalue weighted by Gasteiger charge is 2.27. The first-order chi connectivity index (χ1) is 6.49. The molecule has 1 aromatic rings. The van der Waals surface area contributed by atoms with Crippen LogP contribution in [0, 0.1) is 8.99 Å². The maximum Gasteiger partial charge on any atom is 0.0500 e. The number of aliphatic hydroxyl groups excluding tert-OH is 1. The van der Waals surface area contributed by atoms with E-state index < -0.39 is 0 Å². The van der Waals surface area contributed by atoms with E-state index in [1.54, 1.807) is 0 Å². The predicted octanol–water partition coefficient (Wildman–Crippen LogP) is 2.73. The third-order valence-electron chi connectivity index (χ3n) is 2.49. The summed E-state index contributed by atoms with van der Waals surface area (Å²) in [5.41, 5.74) is 6.95. The van der Waals surface area contributed by atoms with Crippen LogP contribution in [0.1, 0.15) is 25.5 Å². The third kappa shape index (κ3) is 3.59. The molecule has 0 aliphatic heterocycles. The smallest absolute Gasteiger partial charge is 0.0500 e. The first-order valence-electron chi connectivity index (χ1n) is 4.60. The lowest BCUT2D eigenvalue weighted by Gasteiger charge is -2.30. The van der Waals surface area contributed by atoms with Crippen molar-refractivity contribution in [3.8, 4) is 0 Å². The molecular formula is C11H17ClINO. The second kappa shape index (κ2) is 6.03. The van der Waals surface area contributed by atoms with Gasteiger partial charge in [0.25, 0.3) is 0 Å². The third-order valence-corrected chi connectivity index (χ3v) is 3.47. The van der Waals surface area contributed by atoms with Gasteiger partial charge in [0.1, 0.15) is 0 Å². The van der Waals surface area contributed by atoms with Crippen molar-refractivity contribution in [2.75, 3.05) is 6.61 Å². The van der Waals surface area contributed by atoms with E-state index >= 15 is 0 Å². The van der Waals surface area contributed by atoms with Crippen molar-refractivity contribution < 1.29 is 5.11 Å². The zero-order valence-corrected chi connectivity index (χ0v) is 11.9. The summed E-state index contributed by atoms with van der Waals surface area (Å²) in [6, 6.07) is 7.89. The van der Waals surface area contributed by atoms with Crippen molar-refractivity contribution in [2.45, 2.75) is 19.9 Å². The minimum Gasteiger partial charge on any atom is -0.396 e. The Hall–Kier alpha value is 0.160. The van der Waals surface area contributed by atoms with Crippen LogP contribution in [0.3, 0.4) is 0 Å². The highest BCUT2D eigenvalue weighted by Crippen LogP contribution is 2.32. The highest BCUT2D eigenvalue weighted by molar-refractivity contribution is 14.1. The Kier molecular flexibility index (Phi) is 6.10.